The van der Waals surface area contributed by atoms with Crippen molar-refractivity contribution in [2.75, 3.05) is 19.1 Å². The lowest BCUT2D eigenvalue weighted by atomic mass is 10.0. The Labute approximate surface area is 166 Å². The Morgan fingerprint density at radius 2 is 1.81 bits per heavy atom. The third kappa shape index (κ3) is 3.53. The quantitative estimate of drug-likeness (QED) is 0.537. The number of allylic oxidation sites excluding steroid dienone is 1. The summed E-state index contributed by atoms with van der Waals surface area (Å²) in [6.07, 6.45) is 1.66. The number of carbonyl (C=O) groups is 2. The van der Waals surface area contributed by atoms with Crippen molar-refractivity contribution in [1.82, 2.24) is 0 Å². The molecule has 0 saturated carbocycles. The number of hydrogen-bond donors (Lipinski definition) is 0. The van der Waals surface area contributed by atoms with Gasteiger partial charge in [0.05, 0.1) is 25.4 Å². The summed E-state index contributed by atoms with van der Waals surface area (Å²) < 4.78 is 11.1. The van der Waals surface area contributed by atoms with Gasteiger partial charge in [0.25, 0.3) is 5.91 Å². The molecule has 0 unspecified atom stereocenters. The number of para-hydroxylation sites is 1. The van der Waals surface area contributed by atoms with Crippen molar-refractivity contribution >= 4 is 39.6 Å². The van der Waals surface area contributed by atoms with Gasteiger partial charge in [-0.25, -0.2) is 4.79 Å². The molecule has 0 spiro atoms. The maximum Gasteiger partial charge on any atom is 0.340 e. The minimum Gasteiger partial charge on any atom is -0.496 e. The van der Waals surface area contributed by atoms with E-state index in [0.717, 1.165) is 4.47 Å². The number of benzene rings is 2. The van der Waals surface area contributed by atoms with Crippen LogP contribution >= 0.6 is 15.9 Å². The van der Waals surface area contributed by atoms with E-state index < -0.39 is 5.97 Å². The van der Waals surface area contributed by atoms with Gasteiger partial charge in [-0.1, -0.05) is 34.1 Å². The normalized spacial score (nSPS) is 15.5. The average Bonchev–Trinajstić information content (AvgIpc) is 2.92. The number of halogens is 1. The maximum absolute atomic E-state index is 13.2. The first-order valence-corrected chi connectivity index (χ1v) is 9.01. The first-order chi connectivity index (χ1) is 13.0. The molecule has 0 saturated heterocycles. The summed E-state index contributed by atoms with van der Waals surface area (Å²) in [5.41, 5.74) is 2.40. The third-order valence-corrected chi connectivity index (χ3v) is 4.79. The van der Waals surface area contributed by atoms with Crippen LogP contribution in [0.1, 0.15) is 12.5 Å². The molecule has 0 aliphatic carbocycles. The molecule has 0 bridgehead atoms. The highest BCUT2D eigenvalue weighted by atomic mass is 79.9. The van der Waals surface area contributed by atoms with Gasteiger partial charge in [-0.05, 0) is 43.3 Å². The molecule has 0 atom stereocenters. The van der Waals surface area contributed by atoms with Crippen LogP contribution in [0.5, 0.6) is 5.75 Å². The van der Waals surface area contributed by atoms with Crippen molar-refractivity contribution in [3.63, 3.8) is 0 Å². The molecule has 5 nitrogen and oxygen atoms in total. The fourth-order valence-corrected chi connectivity index (χ4v) is 3.42. The lowest BCUT2D eigenvalue weighted by Gasteiger charge is -2.17. The highest BCUT2D eigenvalue weighted by Gasteiger charge is 2.38. The molecule has 1 amide bonds. The van der Waals surface area contributed by atoms with E-state index in [-0.39, 0.29) is 17.1 Å². The molecule has 0 fully saturated rings. The number of anilines is 1. The fraction of sp³-hybridized carbons (Fsp3) is 0.143. The summed E-state index contributed by atoms with van der Waals surface area (Å²) in [6.45, 7) is 1.73. The Morgan fingerprint density at radius 1 is 1.11 bits per heavy atom. The van der Waals surface area contributed by atoms with E-state index in [1.54, 1.807) is 26.2 Å². The van der Waals surface area contributed by atoms with Crippen LogP contribution in [0, 0.1) is 0 Å². The van der Waals surface area contributed by atoms with E-state index in [0.29, 0.717) is 22.7 Å². The molecule has 0 N–H and O–H groups in total. The van der Waals surface area contributed by atoms with Gasteiger partial charge in [0.1, 0.15) is 5.75 Å². The minimum absolute atomic E-state index is 0.244. The third-order valence-electron chi connectivity index (χ3n) is 4.30. The summed E-state index contributed by atoms with van der Waals surface area (Å²) in [6, 6.07) is 14.6. The zero-order valence-corrected chi connectivity index (χ0v) is 16.7. The van der Waals surface area contributed by atoms with E-state index >= 15 is 0 Å². The number of amides is 1. The molecule has 2 aromatic rings. The molecular formula is C21H18BrNO4. The van der Waals surface area contributed by atoms with Gasteiger partial charge >= 0.3 is 5.97 Å². The molecule has 138 valence electrons. The van der Waals surface area contributed by atoms with E-state index in [1.165, 1.54) is 12.0 Å². The summed E-state index contributed by atoms with van der Waals surface area (Å²) in [7, 11) is 2.86. The first-order valence-electron chi connectivity index (χ1n) is 8.22. The Morgan fingerprint density at radius 3 is 2.44 bits per heavy atom. The van der Waals surface area contributed by atoms with Gasteiger partial charge in [-0.15, -0.1) is 0 Å². The van der Waals surface area contributed by atoms with Gasteiger partial charge in [0.15, 0.2) is 0 Å². The van der Waals surface area contributed by atoms with Gasteiger partial charge in [0, 0.05) is 21.4 Å². The van der Waals surface area contributed by atoms with Crippen LogP contribution in [0.4, 0.5) is 5.69 Å². The van der Waals surface area contributed by atoms with E-state index in [9.17, 15) is 9.59 Å². The SMILES string of the molecule is COC(=O)C1=C(C)N(c2ccccc2)C(=O)/C1=C\c1cc(Br)ccc1OC. The van der Waals surface area contributed by atoms with Crippen molar-refractivity contribution in [3.8, 4) is 5.75 Å². The number of ether oxygens (including phenoxy) is 2. The second kappa shape index (κ2) is 7.80. The van der Waals surface area contributed by atoms with Gasteiger partial charge in [-0.3, -0.25) is 9.69 Å². The fourth-order valence-electron chi connectivity index (χ4n) is 3.04. The Bertz CT molecular complexity index is 963. The van der Waals surface area contributed by atoms with Crippen molar-refractivity contribution in [2.24, 2.45) is 0 Å². The van der Waals surface area contributed by atoms with Gasteiger partial charge < -0.3 is 9.47 Å². The Kier molecular flexibility index (Phi) is 5.46. The van der Waals surface area contributed by atoms with E-state index in [2.05, 4.69) is 15.9 Å². The van der Waals surface area contributed by atoms with Crippen LogP contribution in [-0.2, 0) is 14.3 Å². The van der Waals surface area contributed by atoms with Crippen LogP contribution < -0.4 is 9.64 Å². The molecule has 1 aliphatic rings. The molecule has 1 heterocycles. The van der Waals surface area contributed by atoms with Crippen LogP contribution in [0.25, 0.3) is 6.08 Å². The number of methoxy groups -OCH3 is 2. The van der Waals surface area contributed by atoms with Gasteiger partial charge in [-0.2, -0.15) is 0 Å². The van der Waals surface area contributed by atoms with E-state index in [1.807, 2.05) is 42.5 Å². The van der Waals surface area contributed by atoms with Crippen LogP contribution in [0.15, 0.2) is 69.8 Å². The average molecular weight is 428 g/mol. The maximum atomic E-state index is 13.2. The second-order valence-electron chi connectivity index (χ2n) is 5.87. The van der Waals surface area contributed by atoms with Crippen molar-refractivity contribution in [1.29, 1.82) is 0 Å². The standard InChI is InChI=1S/C21H18BrNO4/c1-13-19(21(25)27-3)17(12-14-11-15(22)9-10-18(14)26-2)20(24)23(13)16-7-5-4-6-8-16/h4-12H,1-3H3/b17-12-. The van der Waals surface area contributed by atoms with Crippen LogP contribution in [0.3, 0.4) is 0 Å². The molecule has 1 aliphatic heterocycles. The number of hydrogen-bond acceptors (Lipinski definition) is 4. The summed E-state index contributed by atoms with van der Waals surface area (Å²) in [5.74, 6) is -0.251. The number of nitrogens with zero attached hydrogens (tertiary/aromatic N) is 1. The highest BCUT2D eigenvalue weighted by molar-refractivity contribution is 9.10. The minimum atomic E-state index is -0.556. The number of esters is 1. The van der Waals surface area contributed by atoms with Gasteiger partial charge in [0.2, 0.25) is 0 Å². The second-order valence-corrected chi connectivity index (χ2v) is 6.79. The van der Waals surface area contributed by atoms with Crippen LogP contribution in [0.2, 0.25) is 0 Å². The predicted octanol–water partition coefficient (Wildman–Crippen LogP) is 4.33. The molecule has 2 aromatic carbocycles. The molecule has 0 radical (unpaired) electrons. The topological polar surface area (TPSA) is 55.8 Å². The largest absolute Gasteiger partial charge is 0.496 e. The van der Waals surface area contributed by atoms with Crippen molar-refractivity contribution in [2.45, 2.75) is 6.92 Å². The highest BCUT2D eigenvalue weighted by Crippen LogP contribution is 2.36. The first kappa shape index (κ1) is 18.9. The van der Waals surface area contributed by atoms with Crippen molar-refractivity contribution < 1.29 is 19.1 Å². The van der Waals surface area contributed by atoms with E-state index in [4.69, 9.17) is 9.47 Å². The number of rotatable bonds is 4. The lowest BCUT2D eigenvalue weighted by Crippen LogP contribution is -2.24. The summed E-state index contributed by atoms with van der Waals surface area (Å²) in [4.78, 5) is 27.1. The zero-order chi connectivity index (χ0) is 19.6. The zero-order valence-electron chi connectivity index (χ0n) is 15.2. The smallest absolute Gasteiger partial charge is 0.340 e. The molecule has 27 heavy (non-hydrogen) atoms. The monoisotopic (exact) mass is 427 g/mol. The predicted molar refractivity (Wildman–Crippen MR) is 107 cm³/mol. The van der Waals surface area contributed by atoms with Crippen molar-refractivity contribution in [3.05, 3.63) is 75.4 Å². The van der Waals surface area contributed by atoms with Crippen LogP contribution in [-0.4, -0.2) is 26.1 Å². The summed E-state index contributed by atoms with van der Waals surface area (Å²) >= 11 is 3.42. The lowest BCUT2D eigenvalue weighted by molar-refractivity contribution is -0.136. The molecule has 6 heteroatoms. The Balaban J connectivity index is 2.19. The molecular weight excluding hydrogens is 410 g/mol. The number of carbonyl (C=O) groups excluding carboxylic acids is 2. The summed E-state index contributed by atoms with van der Waals surface area (Å²) in [5, 5.41) is 0. The molecule has 3 rings (SSSR count). The molecule has 0 aromatic heterocycles. The Hall–Kier alpha value is -2.86.